The molecule has 1 atom stereocenters. The smallest absolute Gasteiger partial charge is 0.0708 e. The molecule has 2 N–H and O–H groups in total. The summed E-state index contributed by atoms with van der Waals surface area (Å²) in [5, 5.41) is 1.18. The topological polar surface area (TPSA) is 48.1 Å². The van der Waals surface area contributed by atoms with Gasteiger partial charge in [-0.25, -0.2) is 0 Å². The minimum Gasteiger partial charge on any atom is -0.380 e. The van der Waals surface area contributed by atoms with Gasteiger partial charge < -0.3 is 10.5 Å². The summed E-state index contributed by atoms with van der Waals surface area (Å²) in [6.07, 6.45) is 0. The third kappa shape index (κ3) is 2.62. The van der Waals surface area contributed by atoms with E-state index in [2.05, 4.69) is 18.0 Å². The van der Waals surface area contributed by atoms with E-state index < -0.39 is 0 Å². The number of nitrogens with two attached hydrogens (primary N) is 1. The van der Waals surface area contributed by atoms with Crippen molar-refractivity contribution in [3.8, 4) is 0 Å². The first-order valence-electron chi connectivity index (χ1n) is 5.92. The number of rotatable bonds is 4. The van der Waals surface area contributed by atoms with Crippen molar-refractivity contribution in [2.45, 2.75) is 19.9 Å². The molecule has 0 spiro atoms. The van der Waals surface area contributed by atoms with Gasteiger partial charge in [0.25, 0.3) is 0 Å². The quantitative estimate of drug-likeness (QED) is 0.878. The number of benzene rings is 1. The average molecular weight is 230 g/mol. The molecule has 0 saturated carbocycles. The fourth-order valence-electron chi connectivity index (χ4n) is 1.90. The number of ether oxygens (including phenoxy) is 1. The minimum atomic E-state index is -0.154. The maximum atomic E-state index is 6.05. The minimum absolute atomic E-state index is 0.154. The summed E-state index contributed by atoms with van der Waals surface area (Å²) < 4.78 is 5.34. The van der Waals surface area contributed by atoms with Gasteiger partial charge in [-0.05, 0) is 31.5 Å². The number of hydrogen-bond donors (Lipinski definition) is 1. The molecule has 3 nitrogen and oxygen atoms in total. The molecule has 17 heavy (non-hydrogen) atoms. The van der Waals surface area contributed by atoms with Crippen molar-refractivity contribution in [3.63, 3.8) is 0 Å². The average Bonchev–Trinajstić information content (AvgIpc) is 2.36. The van der Waals surface area contributed by atoms with E-state index in [1.54, 1.807) is 0 Å². The summed E-state index contributed by atoms with van der Waals surface area (Å²) in [5.74, 6) is 0. The highest BCUT2D eigenvalue weighted by Gasteiger charge is 2.09. The Morgan fingerprint density at radius 3 is 2.88 bits per heavy atom. The van der Waals surface area contributed by atoms with Crippen molar-refractivity contribution in [1.82, 2.24) is 4.98 Å². The Morgan fingerprint density at radius 1 is 1.35 bits per heavy atom. The molecule has 0 radical (unpaired) electrons. The first kappa shape index (κ1) is 12.0. The third-order valence-corrected chi connectivity index (χ3v) is 2.82. The van der Waals surface area contributed by atoms with E-state index in [9.17, 15) is 0 Å². The zero-order chi connectivity index (χ0) is 12.3. The normalized spacial score (nSPS) is 12.9. The summed E-state index contributed by atoms with van der Waals surface area (Å²) in [6.45, 7) is 5.24. The molecule has 0 bridgehead atoms. The van der Waals surface area contributed by atoms with Crippen molar-refractivity contribution in [3.05, 3.63) is 41.6 Å². The Labute approximate surface area is 102 Å². The van der Waals surface area contributed by atoms with E-state index in [1.807, 2.05) is 31.2 Å². The van der Waals surface area contributed by atoms with Gasteiger partial charge >= 0.3 is 0 Å². The number of para-hydroxylation sites is 1. The first-order valence-corrected chi connectivity index (χ1v) is 5.92. The van der Waals surface area contributed by atoms with Crippen LogP contribution in [0.4, 0.5) is 0 Å². The standard InChI is InChI=1S/C14H18N2O/c1-3-17-9-12(15)14-8-10(2)11-6-4-5-7-13(11)16-14/h4-8,12H,3,9,15H2,1-2H3. The fourth-order valence-corrected chi connectivity index (χ4v) is 1.90. The van der Waals surface area contributed by atoms with Crippen LogP contribution in [0.5, 0.6) is 0 Å². The number of fused-ring (bicyclic) bond motifs is 1. The maximum absolute atomic E-state index is 6.05. The highest BCUT2D eigenvalue weighted by atomic mass is 16.5. The Balaban J connectivity index is 2.36. The van der Waals surface area contributed by atoms with Gasteiger partial charge in [0.2, 0.25) is 0 Å². The number of pyridine rings is 1. The van der Waals surface area contributed by atoms with Gasteiger partial charge in [0.1, 0.15) is 0 Å². The van der Waals surface area contributed by atoms with Gasteiger partial charge in [0, 0.05) is 12.0 Å². The van der Waals surface area contributed by atoms with Crippen LogP contribution in [-0.2, 0) is 4.74 Å². The van der Waals surface area contributed by atoms with Gasteiger partial charge in [-0.2, -0.15) is 0 Å². The zero-order valence-corrected chi connectivity index (χ0v) is 10.3. The summed E-state index contributed by atoms with van der Waals surface area (Å²) in [5.41, 5.74) is 9.15. The van der Waals surface area contributed by atoms with E-state index in [4.69, 9.17) is 10.5 Å². The Kier molecular flexibility index (Phi) is 3.71. The van der Waals surface area contributed by atoms with Crippen LogP contribution in [0.1, 0.15) is 24.2 Å². The Hall–Kier alpha value is -1.45. The number of aryl methyl sites for hydroxylation is 1. The molecule has 0 amide bonds. The predicted octanol–water partition coefficient (Wildman–Crippen LogP) is 2.58. The first-order chi connectivity index (χ1) is 8.22. The molecule has 1 heterocycles. The molecule has 3 heteroatoms. The van der Waals surface area contributed by atoms with Crippen LogP contribution < -0.4 is 5.73 Å². The van der Waals surface area contributed by atoms with Crippen molar-refractivity contribution < 1.29 is 4.74 Å². The summed E-state index contributed by atoms with van der Waals surface area (Å²) >= 11 is 0. The molecule has 2 aromatic rings. The molecule has 90 valence electrons. The lowest BCUT2D eigenvalue weighted by molar-refractivity contribution is 0.132. The fraction of sp³-hybridized carbons (Fsp3) is 0.357. The molecule has 1 aromatic heterocycles. The molecular formula is C14H18N2O. The zero-order valence-electron chi connectivity index (χ0n) is 10.3. The van der Waals surface area contributed by atoms with Crippen LogP contribution in [0.25, 0.3) is 10.9 Å². The van der Waals surface area contributed by atoms with E-state index >= 15 is 0 Å². The van der Waals surface area contributed by atoms with E-state index in [1.165, 1.54) is 10.9 Å². The Morgan fingerprint density at radius 2 is 2.12 bits per heavy atom. The largest absolute Gasteiger partial charge is 0.380 e. The SMILES string of the molecule is CCOCC(N)c1cc(C)c2ccccc2n1. The lowest BCUT2D eigenvalue weighted by Gasteiger charge is -2.13. The van der Waals surface area contributed by atoms with Crippen LogP contribution in [0, 0.1) is 6.92 Å². The summed E-state index contributed by atoms with van der Waals surface area (Å²) in [4.78, 5) is 4.58. The van der Waals surface area contributed by atoms with Crippen LogP contribution in [0.2, 0.25) is 0 Å². The van der Waals surface area contributed by atoms with E-state index in [0.717, 1.165) is 11.2 Å². The second kappa shape index (κ2) is 5.25. The highest BCUT2D eigenvalue weighted by Crippen LogP contribution is 2.20. The molecule has 0 aliphatic heterocycles. The maximum Gasteiger partial charge on any atom is 0.0708 e. The van der Waals surface area contributed by atoms with E-state index in [0.29, 0.717) is 13.2 Å². The van der Waals surface area contributed by atoms with Crippen molar-refractivity contribution in [2.24, 2.45) is 5.73 Å². The predicted molar refractivity (Wildman–Crippen MR) is 69.9 cm³/mol. The van der Waals surface area contributed by atoms with E-state index in [-0.39, 0.29) is 6.04 Å². The Bertz CT molecular complexity index is 511. The van der Waals surface area contributed by atoms with Crippen molar-refractivity contribution >= 4 is 10.9 Å². The summed E-state index contributed by atoms with van der Waals surface area (Å²) in [6, 6.07) is 10.0. The summed E-state index contributed by atoms with van der Waals surface area (Å²) in [7, 11) is 0. The number of nitrogens with zero attached hydrogens (tertiary/aromatic N) is 1. The van der Waals surface area contributed by atoms with Crippen LogP contribution in [-0.4, -0.2) is 18.2 Å². The highest BCUT2D eigenvalue weighted by molar-refractivity contribution is 5.82. The molecule has 1 aromatic carbocycles. The van der Waals surface area contributed by atoms with Gasteiger partial charge in [0.15, 0.2) is 0 Å². The van der Waals surface area contributed by atoms with Crippen LogP contribution in [0.3, 0.4) is 0 Å². The molecule has 0 aliphatic rings. The number of aromatic nitrogens is 1. The lowest BCUT2D eigenvalue weighted by atomic mass is 10.1. The molecule has 2 rings (SSSR count). The van der Waals surface area contributed by atoms with Crippen molar-refractivity contribution in [1.29, 1.82) is 0 Å². The molecule has 1 unspecified atom stereocenters. The monoisotopic (exact) mass is 230 g/mol. The molecular weight excluding hydrogens is 212 g/mol. The molecule has 0 aliphatic carbocycles. The molecule has 0 fully saturated rings. The van der Waals surface area contributed by atoms with Crippen LogP contribution in [0.15, 0.2) is 30.3 Å². The van der Waals surface area contributed by atoms with Crippen LogP contribution >= 0.6 is 0 Å². The molecule has 0 saturated heterocycles. The third-order valence-electron chi connectivity index (χ3n) is 2.82. The second-order valence-electron chi connectivity index (χ2n) is 4.15. The van der Waals surface area contributed by atoms with Gasteiger partial charge in [-0.3, -0.25) is 4.98 Å². The second-order valence-corrected chi connectivity index (χ2v) is 4.15. The lowest BCUT2D eigenvalue weighted by Crippen LogP contribution is -2.18. The van der Waals surface area contributed by atoms with Gasteiger partial charge in [-0.1, -0.05) is 18.2 Å². The van der Waals surface area contributed by atoms with Gasteiger partial charge in [-0.15, -0.1) is 0 Å². The van der Waals surface area contributed by atoms with Gasteiger partial charge in [0.05, 0.1) is 23.9 Å². The van der Waals surface area contributed by atoms with Crippen molar-refractivity contribution in [2.75, 3.05) is 13.2 Å². The number of hydrogen-bond acceptors (Lipinski definition) is 3.